The van der Waals surface area contributed by atoms with E-state index < -0.39 is 11.5 Å². The summed E-state index contributed by atoms with van der Waals surface area (Å²) in [4.78, 5) is 19.7. The van der Waals surface area contributed by atoms with E-state index >= 15 is 0 Å². The number of ether oxygens (including phenoxy) is 1. The molecule has 1 aromatic carbocycles. The molecule has 0 aliphatic carbocycles. The summed E-state index contributed by atoms with van der Waals surface area (Å²) in [5, 5.41) is 12.2. The van der Waals surface area contributed by atoms with Crippen molar-refractivity contribution in [2.75, 3.05) is 6.61 Å². The molecule has 1 fully saturated rings. The lowest BCUT2D eigenvalue weighted by molar-refractivity contribution is -0.150. The first kappa shape index (κ1) is 17.7. The Morgan fingerprint density at radius 3 is 2.96 bits per heavy atom. The van der Waals surface area contributed by atoms with Gasteiger partial charge in [-0.25, -0.2) is 4.98 Å². The summed E-state index contributed by atoms with van der Waals surface area (Å²) in [5.41, 5.74) is 2.37. The lowest BCUT2D eigenvalue weighted by Crippen LogP contribution is -2.55. The number of carbonyl (C=O) groups is 1. The quantitative estimate of drug-likeness (QED) is 0.841. The normalized spacial score (nSPS) is 28.7. The average Bonchev–Trinajstić information content (AvgIpc) is 3.01. The Labute approximate surface area is 159 Å². The van der Waals surface area contributed by atoms with Crippen LogP contribution in [-0.2, 0) is 16.1 Å². The summed E-state index contributed by atoms with van der Waals surface area (Å²) in [6.45, 7) is 6.55. The second-order valence-electron chi connectivity index (χ2n) is 7.31. The first-order chi connectivity index (χ1) is 12.5. The van der Waals surface area contributed by atoms with Gasteiger partial charge in [0.15, 0.2) is 0 Å². The van der Waals surface area contributed by atoms with Crippen molar-refractivity contribution in [2.24, 2.45) is 11.8 Å². The van der Waals surface area contributed by atoms with Gasteiger partial charge in [-0.1, -0.05) is 45.2 Å². The number of amides is 1. The third-order valence-electron chi connectivity index (χ3n) is 6.03. The minimum absolute atomic E-state index is 0. The largest absolute Gasteiger partial charge is 0.495 e. The van der Waals surface area contributed by atoms with Crippen LogP contribution >= 0.6 is 0 Å². The smallest absolute Gasteiger partial charge is 0.234 e. The molecule has 0 saturated carbocycles. The van der Waals surface area contributed by atoms with E-state index in [4.69, 9.17) is 9.72 Å². The van der Waals surface area contributed by atoms with Gasteiger partial charge in [0, 0.05) is 16.9 Å². The first-order valence-electron chi connectivity index (χ1n) is 8.99. The van der Waals surface area contributed by atoms with Gasteiger partial charge in [-0.05, 0) is 18.6 Å². The topological polar surface area (TPSA) is 62.7 Å². The number of carbonyl (C=O) groups excluding carboxylic acids is 1. The van der Waals surface area contributed by atoms with Gasteiger partial charge in [0.2, 0.25) is 5.91 Å². The average molecular weight is 364 g/mol. The van der Waals surface area contributed by atoms with Gasteiger partial charge in [-0.15, -0.1) is 0 Å². The maximum atomic E-state index is 13.1. The van der Waals surface area contributed by atoms with E-state index in [9.17, 15) is 9.90 Å². The van der Waals surface area contributed by atoms with Crippen LogP contribution in [0, 0.1) is 11.8 Å². The Balaban J connectivity index is 0.00000180. The summed E-state index contributed by atoms with van der Waals surface area (Å²) in [5.74, 6) is -0.386. The van der Waals surface area contributed by atoms with Crippen LogP contribution in [0.2, 0.25) is 0 Å². The number of nitrogens with zero attached hydrogens (tertiary/aromatic N) is 2. The Hall–Kier alpha value is -2.66. The molecule has 3 atom stereocenters. The fraction of sp³-hybridized carbons (Fsp3) is 0.364. The van der Waals surface area contributed by atoms with Gasteiger partial charge >= 0.3 is 0 Å². The van der Waals surface area contributed by atoms with Crippen LogP contribution < -0.4 is 0 Å². The van der Waals surface area contributed by atoms with Gasteiger partial charge < -0.3 is 14.7 Å². The molecule has 0 spiro atoms. The minimum Gasteiger partial charge on any atom is -0.495 e. The van der Waals surface area contributed by atoms with E-state index in [1.807, 2.05) is 37.3 Å². The number of aromatic nitrogens is 1. The number of fused-ring (bicyclic) bond motifs is 5. The summed E-state index contributed by atoms with van der Waals surface area (Å²) in [6, 6.07) is 10.1. The Bertz CT molecular complexity index is 996. The maximum absolute atomic E-state index is 13.1. The zero-order chi connectivity index (χ0) is 18.1. The molecule has 5 heteroatoms. The van der Waals surface area contributed by atoms with Crippen molar-refractivity contribution < 1.29 is 14.6 Å². The second-order valence-corrected chi connectivity index (χ2v) is 7.31. The molecule has 140 valence electrons. The molecule has 1 amide bonds. The third-order valence-corrected chi connectivity index (χ3v) is 6.03. The highest BCUT2D eigenvalue weighted by Gasteiger charge is 2.53. The van der Waals surface area contributed by atoms with Crippen LogP contribution in [0.25, 0.3) is 16.6 Å². The van der Waals surface area contributed by atoms with E-state index in [0.29, 0.717) is 18.7 Å². The van der Waals surface area contributed by atoms with Crippen LogP contribution in [0.5, 0.6) is 0 Å². The van der Waals surface area contributed by atoms with E-state index in [1.54, 1.807) is 4.90 Å². The highest BCUT2D eigenvalue weighted by atomic mass is 16.5. The van der Waals surface area contributed by atoms with Gasteiger partial charge in [0.1, 0.15) is 18.0 Å². The maximum Gasteiger partial charge on any atom is 0.234 e. The Morgan fingerprint density at radius 1 is 1.41 bits per heavy atom. The van der Waals surface area contributed by atoms with Gasteiger partial charge in [-0.3, -0.25) is 4.79 Å². The van der Waals surface area contributed by atoms with Crippen LogP contribution in [0.15, 0.2) is 48.7 Å². The van der Waals surface area contributed by atoms with Gasteiger partial charge in [0.25, 0.3) is 0 Å². The fourth-order valence-corrected chi connectivity index (χ4v) is 4.47. The summed E-state index contributed by atoms with van der Waals surface area (Å²) in [7, 11) is 0. The predicted molar refractivity (Wildman–Crippen MR) is 104 cm³/mol. The monoisotopic (exact) mass is 364 g/mol. The molecule has 5 rings (SSSR count). The number of rotatable bonds is 1. The Morgan fingerprint density at radius 2 is 2.19 bits per heavy atom. The molecule has 5 nitrogen and oxygen atoms in total. The van der Waals surface area contributed by atoms with Crippen LogP contribution in [0.1, 0.15) is 32.0 Å². The summed E-state index contributed by atoms with van der Waals surface area (Å²) in [6.07, 6.45) is 2.46. The predicted octanol–water partition coefficient (Wildman–Crippen LogP) is 3.49. The van der Waals surface area contributed by atoms with Gasteiger partial charge in [0.05, 0.1) is 29.4 Å². The molecule has 3 aliphatic heterocycles. The SMILES string of the molecule is C.C=C1OCC2C(=O)N3Cc4cc5ccccc5nc4C3=CC2[C@@]1(O)CC. The van der Waals surface area contributed by atoms with Crippen LogP contribution in [0.4, 0.5) is 0 Å². The Kier molecular flexibility index (Phi) is 3.89. The zero-order valence-corrected chi connectivity index (χ0v) is 14.6. The highest BCUT2D eigenvalue weighted by molar-refractivity contribution is 5.95. The number of hydrogen-bond acceptors (Lipinski definition) is 4. The van der Waals surface area contributed by atoms with Crippen molar-refractivity contribution in [3.05, 3.63) is 60.0 Å². The molecule has 1 N–H and O–H groups in total. The molecule has 27 heavy (non-hydrogen) atoms. The fourth-order valence-electron chi connectivity index (χ4n) is 4.47. The number of aliphatic hydroxyl groups is 1. The number of benzene rings is 1. The highest BCUT2D eigenvalue weighted by Crippen LogP contribution is 2.48. The second kappa shape index (κ2) is 5.92. The molecule has 4 heterocycles. The summed E-state index contributed by atoms with van der Waals surface area (Å²) >= 11 is 0. The molecule has 1 aromatic heterocycles. The first-order valence-corrected chi connectivity index (χ1v) is 8.99. The molecule has 1 saturated heterocycles. The van der Waals surface area contributed by atoms with Crippen molar-refractivity contribution in [3.63, 3.8) is 0 Å². The molecular weight excluding hydrogens is 340 g/mol. The molecule has 0 radical (unpaired) electrons. The lowest BCUT2D eigenvalue weighted by Gasteiger charge is -2.46. The minimum atomic E-state index is -1.22. The van der Waals surface area contributed by atoms with Crippen molar-refractivity contribution in [1.29, 1.82) is 0 Å². The van der Waals surface area contributed by atoms with Crippen molar-refractivity contribution in [3.8, 4) is 0 Å². The van der Waals surface area contributed by atoms with E-state index in [-0.39, 0.29) is 25.9 Å². The lowest BCUT2D eigenvalue weighted by atomic mass is 9.71. The van der Waals surface area contributed by atoms with Crippen LogP contribution in [-0.4, -0.2) is 33.1 Å². The molecule has 2 unspecified atom stereocenters. The molecular formula is C22H24N2O3. The van der Waals surface area contributed by atoms with E-state index in [2.05, 4.69) is 12.6 Å². The summed E-state index contributed by atoms with van der Waals surface area (Å²) < 4.78 is 5.58. The zero-order valence-electron chi connectivity index (χ0n) is 14.6. The number of para-hydroxylation sites is 1. The van der Waals surface area contributed by atoms with Crippen molar-refractivity contribution in [1.82, 2.24) is 9.88 Å². The molecule has 2 aromatic rings. The number of hydrogen-bond donors (Lipinski definition) is 1. The molecule has 3 aliphatic rings. The van der Waals surface area contributed by atoms with Crippen LogP contribution in [0.3, 0.4) is 0 Å². The van der Waals surface area contributed by atoms with Crippen molar-refractivity contribution >= 4 is 22.5 Å². The van der Waals surface area contributed by atoms with Crippen molar-refractivity contribution in [2.45, 2.75) is 32.9 Å². The number of pyridine rings is 1. The van der Waals surface area contributed by atoms with E-state index in [1.165, 1.54) is 0 Å². The molecule has 0 bridgehead atoms. The van der Waals surface area contributed by atoms with Gasteiger partial charge in [-0.2, -0.15) is 0 Å². The standard InChI is InChI=1S/C21H20N2O3.CH4/c1-3-21(25)12(2)26-11-15-16(21)9-18-19-14(10-23(18)20(15)24)8-13-6-4-5-7-17(13)22-19;/h4-9,15-16,25H,2-3,10-11H2,1H3;1H4/t15?,16?,21-;/m1./s1. The third kappa shape index (κ3) is 2.28. The van der Waals surface area contributed by atoms with E-state index in [0.717, 1.165) is 27.9 Å².